The van der Waals surface area contributed by atoms with Crippen LogP contribution in [0.25, 0.3) is 0 Å². The van der Waals surface area contributed by atoms with Crippen molar-refractivity contribution in [2.75, 3.05) is 6.61 Å². The Hall–Kier alpha value is -1.55. The van der Waals surface area contributed by atoms with Crippen molar-refractivity contribution in [1.82, 2.24) is 0 Å². The van der Waals surface area contributed by atoms with Crippen molar-refractivity contribution in [2.45, 2.75) is 70.6 Å². The summed E-state index contributed by atoms with van der Waals surface area (Å²) in [5.74, 6) is 12.3. The van der Waals surface area contributed by atoms with Crippen LogP contribution >= 0.6 is 12.6 Å². The summed E-state index contributed by atoms with van der Waals surface area (Å²) in [6.45, 7) is 5.86. The summed E-state index contributed by atoms with van der Waals surface area (Å²) >= 11 is 4.64. The molecule has 0 amide bonds. The molecule has 0 spiro atoms. The van der Waals surface area contributed by atoms with E-state index in [0.717, 1.165) is 72.1 Å². The molecular weight excluding hydrogens is 316 g/mol. The van der Waals surface area contributed by atoms with Crippen LogP contribution in [0, 0.1) is 44.5 Å². The van der Waals surface area contributed by atoms with Gasteiger partial charge in [-0.25, -0.2) is 0 Å². The predicted molar refractivity (Wildman–Crippen MR) is 104 cm³/mol. The molecule has 0 atom stereocenters. The van der Waals surface area contributed by atoms with Crippen molar-refractivity contribution in [2.24, 2.45) is 0 Å². The summed E-state index contributed by atoms with van der Waals surface area (Å²) in [6.07, 6.45) is 6.56. The average molecular weight is 345 g/mol. The van der Waals surface area contributed by atoms with E-state index in [1.165, 1.54) is 0 Å². The summed E-state index contributed by atoms with van der Waals surface area (Å²) in [4.78, 5) is 1.01. The lowest BCUT2D eigenvalue weighted by molar-refractivity contribution is 0.350. The third kappa shape index (κ3) is 6.16. The van der Waals surface area contributed by atoms with Crippen LogP contribution in [-0.2, 0) is 6.42 Å². The van der Waals surface area contributed by atoms with E-state index in [4.69, 9.17) is 5.11 Å². The molecule has 2 nitrogen and oxygen atoms in total. The first-order valence-electron chi connectivity index (χ1n) is 8.53. The van der Waals surface area contributed by atoms with E-state index in [2.05, 4.69) is 36.3 Å². The van der Waals surface area contributed by atoms with E-state index >= 15 is 0 Å². The zero-order valence-corrected chi connectivity index (χ0v) is 15.9. The first-order valence-corrected chi connectivity index (χ1v) is 8.98. The number of aromatic hydroxyl groups is 1. The Kier molecular flexibility index (Phi) is 9.46. The average Bonchev–Trinajstić information content (AvgIpc) is 2.58. The molecular formula is C21H28O2S. The summed E-state index contributed by atoms with van der Waals surface area (Å²) in [6, 6.07) is 0. The van der Waals surface area contributed by atoms with E-state index < -0.39 is 0 Å². The lowest BCUT2D eigenvalue weighted by Crippen LogP contribution is -1.98. The maximum absolute atomic E-state index is 10.2. The summed E-state index contributed by atoms with van der Waals surface area (Å²) in [7, 11) is 0. The quantitative estimate of drug-likeness (QED) is 0.404. The first-order chi connectivity index (χ1) is 11.5. The number of rotatable bonds is 6. The summed E-state index contributed by atoms with van der Waals surface area (Å²) in [5, 5.41) is 18.7. The number of hydrogen-bond acceptors (Lipinski definition) is 3. The lowest BCUT2D eigenvalue weighted by atomic mass is 9.95. The van der Waals surface area contributed by atoms with Gasteiger partial charge in [-0.15, -0.1) is 30.4 Å². The van der Waals surface area contributed by atoms with Crippen molar-refractivity contribution in [3.8, 4) is 29.4 Å². The molecule has 1 rings (SSSR count). The zero-order chi connectivity index (χ0) is 17.9. The Morgan fingerprint density at radius 3 is 2.00 bits per heavy atom. The monoisotopic (exact) mass is 344 g/mol. The molecule has 0 saturated carbocycles. The van der Waals surface area contributed by atoms with Crippen LogP contribution in [0.1, 0.15) is 60.8 Å². The van der Waals surface area contributed by atoms with E-state index in [-0.39, 0.29) is 6.61 Å². The Bertz CT molecular complexity index is 640. The summed E-state index contributed by atoms with van der Waals surface area (Å²) in [5.41, 5.74) is 4.11. The molecule has 0 aromatic heterocycles. The van der Waals surface area contributed by atoms with Crippen LogP contribution in [0.15, 0.2) is 4.90 Å². The molecule has 0 aliphatic carbocycles. The zero-order valence-electron chi connectivity index (χ0n) is 15.0. The van der Waals surface area contributed by atoms with E-state index in [0.29, 0.717) is 5.75 Å². The number of hydrogen-bond donors (Lipinski definition) is 3. The van der Waals surface area contributed by atoms with Gasteiger partial charge in [0.25, 0.3) is 0 Å². The van der Waals surface area contributed by atoms with Crippen molar-refractivity contribution in [3.63, 3.8) is 0 Å². The minimum atomic E-state index is -0.0581. The molecule has 0 unspecified atom stereocenters. The van der Waals surface area contributed by atoms with Gasteiger partial charge in [0.15, 0.2) is 0 Å². The fourth-order valence-electron chi connectivity index (χ4n) is 2.59. The normalized spacial score (nSPS) is 9.88. The standard InChI is InChI=1S/C21H28O2S/c1-16-17(2)21(24)19(18(3)20(16)23)14-12-10-8-6-4-5-7-9-11-13-15-22/h22-24H,5,7-10,12,14-15H2,1-3H3. The molecule has 1 aromatic carbocycles. The van der Waals surface area contributed by atoms with Crippen LogP contribution < -0.4 is 0 Å². The van der Waals surface area contributed by atoms with E-state index in [1.807, 2.05) is 20.8 Å². The number of phenolic OH excluding ortho intramolecular Hbond substituents is 1. The third-order valence-electron chi connectivity index (χ3n) is 4.28. The highest BCUT2D eigenvalue weighted by atomic mass is 32.1. The molecule has 0 radical (unpaired) electrons. The predicted octanol–water partition coefficient (Wildman–Crippen LogP) is 4.49. The van der Waals surface area contributed by atoms with Gasteiger partial charge in [-0.2, -0.15) is 0 Å². The molecule has 3 heteroatoms. The smallest absolute Gasteiger partial charge is 0.122 e. The topological polar surface area (TPSA) is 40.5 Å². The van der Waals surface area contributed by atoms with Crippen LogP contribution in [-0.4, -0.2) is 16.8 Å². The minimum absolute atomic E-state index is 0.0581. The van der Waals surface area contributed by atoms with Crippen molar-refractivity contribution >= 4 is 12.6 Å². The Morgan fingerprint density at radius 2 is 1.38 bits per heavy atom. The lowest BCUT2D eigenvalue weighted by Gasteiger charge is -2.16. The van der Waals surface area contributed by atoms with Crippen molar-refractivity contribution in [3.05, 3.63) is 22.3 Å². The SMILES string of the molecule is Cc1c(C)c(S)c(CCCCC#CCCCC#CCO)c(C)c1O. The van der Waals surface area contributed by atoms with Gasteiger partial charge < -0.3 is 10.2 Å². The summed E-state index contributed by atoms with van der Waals surface area (Å²) < 4.78 is 0. The van der Waals surface area contributed by atoms with Gasteiger partial charge in [-0.3, -0.25) is 0 Å². The van der Waals surface area contributed by atoms with Gasteiger partial charge in [0.2, 0.25) is 0 Å². The van der Waals surface area contributed by atoms with Gasteiger partial charge in [0.1, 0.15) is 12.4 Å². The molecule has 0 aliphatic heterocycles. The van der Waals surface area contributed by atoms with Gasteiger partial charge in [0, 0.05) is 24.2 Å². The fraction of sp³-hybridized carbons (Fsp3) is 0.524. The van der Waals surface area contributed by atoms with E-state index in [9.17, 15) is 5.11 Å². The van der Waals surface area contributed by atoms with Crippen LogP contribution in [0.4, 0.5) is 0 Å². The fourth-order valence-corrected chi connectivity index (χ4v) is 3.04. The molecule has 0 fully saturated rings. The third-order valence-corrected chi connectivity index (χ3v) is 4.88. The molecule has 130 valence electrons. The van der Waals surface area contributed by atoms with Crippen molar-refractivity contribution in [1.29, 1.82) is 0 Å². The van der Waals surface area contributed by atoms with E-state index in [1.54, 1.807) is 0 Å². The van der Waals surface area contributed by atoms with Crippen molar-refractivity contribution < 1.29 is 10.2 Å². The second-order valence-electron chi connectivity index (χ2n) is 5.98. The highest BCUT2D eigenvalue weighted by Crippen LogP contribution is 2.34. The highest BCUT2D eigenvalue weighted by Gasteiger charge is 2.14. The molecule has 0 heterocycles. The Labute approximate surface area is 152 Å². The Morgan fingerprint density at radius 1 is 0.792 bits per heavy atom. The van der Waals surface area contributed by atoms with Crippen LogP contribution in [0.3, 0.4) is 0 Å². The first kappa shape index (κ1) is 20.5. The number of phenols is 1. The van der Waals surface area contributed by atoms with Gasteiger partial charge in [-0.05, 0) is 68.7 Å². The van der Waals surface area contributed by atoms with Gasteiger partial charge in [0.05, 0.1) is 0 Å². The number of aliphatic hydroxyl groups excluding tert-OH is 1. The second-order valence-corrected chi connectivity index (χ2v) is 6.42. The largest absolute Gasteiger partial charge is 0.507 e. The molecule has 0 saturated heterocycles. The Balaban J connectivity index is 2.37. The number of aliphatic hydroxyl groups is 1. The highest BCUT2D eigenvalue weighted by molar-refractivity contribution is 7.80. The molecule has 1 aromatic rings. The number of thiol groups is 1. The maximum Gasteiger partial charge on any atom is 0.122 e. The molecule has 0 aliphatic rings. The van der Waals surface area contributed by atoms with Gasteiger partial charge in [-0.1, -0.05) is 5.92 Å². The number of unbranched alkanes of at least 4 members (excludes halogenated alkanes) is 4. The maximum atomic E-state index is 10.2. The molecule has 0 bridgehead atoms. The minimum Gasteiger partial charge on any atom is -0.507 e. The molecule has 24 heavy (non-hydrogen) atoms. The van der Waals surface area contributed by atoms with Gasteiger partial charge >= 0.3 is 0 Å². The number of benzene rings is 1. The molecule has 2 N–H and O–H groups in total. The van der Waals surface area contributed by atoms with Crippen LogP contribution in [0.5, 0.6) is 5.75 Å². The second kappa shape index (κ2) is 11.1. The van der Waals surface area contributed by atoms with Crippen LogP contribution in [0.2, 0.25) is 0 Å².